The number of nitrogens with zero attached hydrogens (tertiary/aromatic N) is 2. The minimum atomic E-state index is -0.192. The SMILES string of the molecule is CCN(CC)c1nc(N)c(C(=O)NC(C)(CC)CC)s1. The van der Waals surface area contributed by atoms with Crippen molar-refractivity contribution in [1.29, 1.82) is 0 Å². The first kappa shape index (κ1) is 16.8. The summed E-state index contributed by atoms with van der Waals surface area (Å²) in [7, 11) is 0. The predicted molar refractivity (Wildman–Crippen MR) is 86.5 cm³/mol. The molecule has 0 atom stereocenters. The second-order valence-electron chi connectivity index (χ2n) is 5.10. The van der Waals surface area contributed by atoms with Crippen molar-refractivity contribution in [2.75, 3.05) is 23.7 Å². The van der Waals surface area contributed by atoms with Gasteiger partial charge in [0, 0.05) is 18.6 Å². The van der Waals surface area contributed by atoms with E-state index in [2.05, 4.69) is 42.9 Å². The first-order chi connectivity index (χ1) is 9.40. The van der Waals surface area contributed by atoms with Gasteiger partial charge in [0.1, 0.15) is 10.7 Å². The van der Waals surface area contributed by atoms with Crippen LogP contribution in [0.4, 0.5) is 10.9 Å². The molecule has 0 aliphatic rings. The van der Waals surface area contributed by atoms with Gasteiger partial charge in [-0.25, -0.2) is 4.98 Å². The minimum absolute atomic E-state index is 0.121. The summed E-state index contributed by atoms with van der Waals surface area (Å²) < 4.78 is 0. The van der Waals surface area contributed by atoms with Gasteiger partial charge in [0.05, 0.1) is 0 Å². The van der Waals surface area contributed by atoms with E-state index in [0.717, 1.165) is 31.1 Å². The molecule has 1 aromatic rings. The lowest BCUT2D eigenvalue weighted by Gasteiger charge is -2.27. The summed E-state index contributed by atoms with van der Waals surface area (Å²) in [5.74, 6) is 0.202. The molecule has 1 aromatic heterocycles. The molecular formula is C14H26N4OS. The molecule has 1 amide bonds. The van der Waals surface area contributed by atoms with E-state index in [4.69, 9.17) is 5.73 Å². The molecule has 0 aromatic carbocycles. The number of hydrogen-bond donors (Lipinski definition) is 2. The van der Waals surface area contributed by atoms with E-state index < -0.39 is 0 Å². The Morgan fingerprint density at radius 1 is 1.30 bits per heavy atom. The standard InChI is InChI=1S/C14H26N4OS/c1-6-14(5,7-2)17-12(19)10-11(15)16-13(20-10)18(8-3)9-4/h6-9,15H2,1-5H3,(H,17,19). The highest BCUT2D eigenvalue weighted by Gasteiger charge is 2.26. The normalized spacial score (nSPS) is 11.4. The van der Waals surface area contributed by atoms with Crippen molar-refractivity contribution in [3.05, 3.63) is 4.88 Å². The Bertz CT molecular complexity index is 450. The molecule has 0 unspecified atom stereocenters. The highest BCUT2D eigenvalue weighted by atomic mass is 32.1. The van der Waals surface area contributed by atoms with Crippen LogP contribution in [-0.4, -0.2) is 29.5 Å². The summed E-state index contributed by atoms with van der Waals surface area (Å²) in [6.07, 6.45) is 1.77. The first-order valence-corrected chi connectivity index (χ1v) is 8.06. The van der Waals surface area contributed by atoms with E-state index >= 15 is 0 Å². The largest absolute Gasteiger partial charge is 0.382 e. The molecule has 0 saturated heterocycles. The van der Waals surface area contributed by atoms with Crippen LogP contribution in [-0.2, 0) is 0 Å². The summed E-state index contributed by atoms with van der Waals surface area (Å²) >= 11 is 1.36. The van der Waals surface area contributed by atoms with Crippen LogP contribution in [0.5, 0.6) is 0 Å². The van der Waals surface area contributed by atoms with Crippen molar-refractivity contribution in [3.8, 4) is 0 Å². The second-order valence-corrected chi connectivity index (χ2v) is 6.08. The third-order valence-electron chi connectivity index (χ3n) is 3.86. The minimum Gasteiger partial charge on any atom is -0.382 e. The summed E-state index contributed by atoms with van der Waals surface area (Å²) in [5, 5.41) is 3.88. The number of nitrogen functional groups attached to an aromatic ring is 1. The Morgan fingerprint density at radius 2 is 1.85 bits per heavy atom. The molecular weight excluding hydrogens is 272 g/mol. The van der Waals surface area contributed by atoms with Crippen LogP contribution in [0.25, 0.3) is 0 Å². The second kappa shape index (κ2) is 6.92. The van der Waals surface area contributed by atoms with Crippen molar-refractivity contribution in [2.24, 2.45) is 0 Å². The van der Waals surface area contributed by atoms with Gasteiger partial charge < -0.3 is 16.0 Å². The van der Waals surface area contributed by atoms with Gasteiger partial charge in [-0.05, 0) is 33.6 Å². The molecule has 20 heavy (non-hydrogen) atoms. The van der Waals surface area contributed by atoms with Crippen molar-refractivity contribution >= 4 is 28.2 Å². The highest BCUT2D eigenvalue weighted by Crippen LogP contribution is 2.28. The fraction of sp³-hybridized carbons (Fsp3) is 0.714. The highest BCUT2D eigenvalue weighted by molar-refractivity contribution is 7.18. The van der Waals surface area contributed by atoms with Gasteiger partial charge in [0.25, 0.3) is 5.91 Å². The number of nitrogens with one attached hydrogen (secondary N) is 1. The fourth-order valence-corrected chi connectivity index (χ4v) is 2.88. The fourth-order valence-electron chi connectivity index (χ4n) is 1.87. The Kier molecular flexibility index (Phi) is 5.80. The molecule has 0 radical (unpaired) electrons. The number of carbonyl (C=O) groups excluding carboxylic acids is 1. The van der Waals surface area contributed by atoms with E-state index in [-0.39, 0.29) is 11.4 Å². The number of nitrogens with two attached hydrogens (primary N) is 1. The quantitative estimate of drug-likeness (QED) is 0.812. The number of thiazole rings is 1. The van der Waals surface area contributed by atoms with Crippen LogP contribution in [0.2, 0.25) is 0 Å². The Morgan fingerprint density at radius 3 is 2.30 bits per heavy atom. The first-order valence-electron chi connectivity index (χ1n) is 7.24. The number of hydrogen-bond acceptors (Lipinski definition) is 5. The van der Waals surface area contributed by atoms with Crippen molar-refractivity contribution < 1.29 is 4.79 Å². The van der Waals surface area contributed by atoms with Crippen molar-refractivity contribution in [2.45, 2.75) is 53.0 Å². The van der Waals surface area contributed by atoms with Crippen LogP contribution in [0, 0.1) is 0 Å². The molecule has 3 N–H and O–H groups in total. The van der Waals surface area contributed by atoms with E-state index in [9.17, 15) is 4.79 Å². The summed E-state index contributed by atoms with van der Waals surface area (Å²) in [6.45, 7) is 12.0. The summed E-state index contributed by atoms with van der Waals surface area (Å²) in [6, 6.07) is 0. The lowest BCUT2D eigenvalue weighted by Crippen LogP contribution is -2.44. The van der Waals surface area contributed by atoms with Gasteiger partial charge in [0.2, 0.25) is 0 Å². The van der Waals surface area contributed by atoms with Crippen LogP contribution < -0.4 is 16.0 Å². The predicted octanol–water partition coefficient (Wildman–Crippen LogP) is 2.88. The monoisotopic (exact) mass is 298 g/mol. The van der Waals surface area contributed by atoms with Gasteiger partial charge in [-0.3, -0.25) is 4.79 Å². The molecule has 6 heteroatoms. The molecule has 0 saturated carbocycles. The van der Waals surface area contributed by atoms with E-state index in [0.29, 0.717) is 10.7 Å². The number of carbonyl (C=O) groups is 1. The molecule has 0 bridgehead atoms. The Balaban J connectivity index is 2.94. The number of rotatable bonds is 7. The Labute approximate surface area is 125 Å². The van der Waals surface area contributed by atoms with Gasteiger partial charge in [-0.1, -0.05) is 25.2 Å². The number of anilines is 2. The summed E-state index contributed by atoms with van der Waals surface area (Å²) in [5.41, 5.74) is 5.71. The van der Waals surface area contributed by atoms with Gasteiger partial charge in [0.15, 0.2) is 5.13 Å². The lowest BCUT2D eigenvalue weighted by molar-refractivity contribution is 0.0906. The van der Waals surface area contributed by atoms with E-state index in [1.807, 2.05) is 6.92 Å². The molecule has 5 nitrogen and oxygen atoms in total. The topological polar surface area (TPSA) is 71.2 Å². The average molecular weight is 298 g/mol. The van der Waals surface area contributed by atoms with Gasteiger partial charge in [-0.15, -0.1) is 0 Å². The zero-order valence-corrected chi connectivity index (χ0v) is 13.9. The maximum Gasteiger partial charge on any atom is 0.265 e. The third kappa shape index (κ3) is 3.62. The molecule has 1 rings (SSSR count). The van der Waals surface area contributed by atoms with Crippen LogP contribution in [0.1, 0.15) is 57.1 Å². The summed E-state index contributed by atoms with van der Waals surface area (Å²) in [4.78, 5) is 19.3. The van der Waals surface area contributed by atoms with E-state index in [1.54, 1.807) is 0 Å². The zero-order chi connectivity index (χ0) is 15.3. The Hall–Kier alpha value is -1.30. The van der Waals surface area contributed by atoms with Gasteiger partial charge in [-0.2, -0.15) is 0 Å². The van der Waals surface area contributed by atoms with Crippen LogP contribution in [0.15, 0.2) is 0 Å². The van der Waals surface area contributed by atoms with Crippen molar-refractivity contribution in [3.63, 3.8) is 0 Å². The zero-order valence-electron chi connectivity index (χ0n) is 13.1. The van der Waals surface area contributed by atoms with E-state index in [1.165, 1.54) is 11.3 Å². The lowest BCUT2D eigenvalue weighted by atomic mass is 9.95. The maximum atomic E-state index is 12.4. The van der Waals surface area contributed by atoms with Crippen molar-refractivity contribution in [1.82, 2.24) is 10.3 Å². The smallest absolute Gasteiger partial charge is 0.265 e. The third-order valence-corrected chi connectivity index (χ3v) is 4.99. The number of amides is 1. The van der Waals surface area contributed by atoms with Crippen LogP contribution >= 0.6 is 11.3 Å². The van der Waals surface area contributed by atoms with Crippen LogP contribution in [0.3, 0.4) is 0 Å². The number of aromatic nitrogens is 1. The molecule has 1 heterocycles. The average Bonchev–Trinajstić information content (AvgIpc) is 2.82. The molecule has 0 fully saturated rings. The molecule has 0 spiro atoms. The maximum absolute atomic E-state index is 12.4. The molecule has 0 aliphatic heterocycles. The molecule has 114 valence electrons. The molecule has 0 aliphatic carbocycles. The van der Waals surface area contributed by atoms with Gasteiger partial charge >= 0.3 is 0 Å².